The van der Waals surface area contributed by atoms with Gasteiger partial charge in [0.1, 0.15) is 6.10 Å². The van der Waals surface area contributed by atoms with E-state index in [1.54, 1.807) is 7.11 Å². The number of methoxy groups -OCH3 is 1. The standard InChI is InChI=1S/C16H26N2O2/c1-4-13-8-12(11-17-2)9-16(18-13)20-15-7-5-6-14(10-15)19-3/h8-9,14-15,17H,4-7,10-11H2,1-3H3. The summed E-state index contributed by atoms with van der Waals surface area (Å²) in [7, 11) is 3.74. The van der Waals surface area contributed by atoms with Gasteiger partial charge in [-0.1, -0.05) is 6.92 Å². The lowest BCUT2D eigenvalue weighted by molar-refractivity contribution is 0.0194. The van der Waals surface area contributed by atoms with Crippen molar-refractivity contribution in [3.8, 4) is 5.88 Å². The number of ether oxygens (including phenoxy) is 2. The Morgan fingerprint density at radius 2 is 2.10 bits per heavy atom. The molecule has 4 nitrogen and oxygen atoms in total. The van der Waals surface area contributed by atoms with E-state index in [4.69, 9.17) is 9.47 Å². The summed E-state index contributed by atoms with van der Waals surface area (Å²) in [5.41, 5.74) is 2.32. The van der Waals surface area contributed by atoms with Gasteiger partial charge in [-0.25, -0.2) is 4.98 Å². The lowest BCUT2D eigenvalue weighted by Crippen LogP contribution is -2.29. The van der Waals surface area contributed by atoms with Crippen molar-refractivity contribution in [2.75, 3.05) is 14.2 Å². The number of rotatable bonds is 6. The second-order valence-electron chi connectivity index (χ2n) is 5.45. The van der Waals surface area contributed by atoms with E-state index >= 15 is 0 Å². The van der Waals surface area contributed by atoms with Crippen LogP contribution in [0.3, 0.4) is 0 Å². The van der Waals surface area contributed by atoms with Gasteiger partial charge in [0.25, 0.3) is 0 Å². The fourth-order valence-corrected chi connectivity index (χ4v) is 2.76. The minimum Gasteiger partial charge on any atom is -0.474 e. The third-order valence-corrected chi connectivity index (χ3v) is 3.86. The van der Waals surface area contributed by atoms with Crippen LogP contribution in [0.2, 0.25) is 0 Å². The number of aryl methyl sites for hydroxylation is 1. The first kappa shape index (κ1) is 15.3. The highest BCUT2D eigenvalue weighted by molar-refractivity contribution is 5.25. The molecule has 1 aliphatic rings. The predicted molar refractivity (Wildman–Crippen MR) is 80.1 cm³/mol. The summed E-state index contributed by atoms with van der Waals surface area (Å²) in [6, 6.07) is 4.19. The number of aromatic nitrogens is 1. The van der Waals surface area contributed by atoms with Crippen molar-refractivity contribution in [2.24, 2.45) is 0 Å². The maximum absolute atomic E-state index is 6.10. The van der Waals surface area contributed by atoms with E-state index < -0.39 is 0 Å². The van der Waals surface area contributed by atoms with Crippen LogP contribution in [-0.4, -0.2) is 31.3 Å². The molecule has 0 aliphatic heterocycles. The van der Waals surface area contributed by atoms with E-state index in [1.807, 2.05) is 13.1 Å². The minimum absolute atomic E-state index is 0.232. The van der Waals surface area contributed by atoms with Crippen LogP contribution in [0.4, 0.5) is 0 Å². The molecule has 0 aromatic carbocycles. The number of nitrogens with zero attached hydrogens (tertiary/aromatic N) is 1. The maximum Gasteiger partial charge on any atom is 0.214 e. The Kier molecular flexibility index (Phi) is 5.80. The molecular weight excluding hydrogens is 252 g/mol. The number of pyridine rings is 1. The Morgan fingerprint density at radius 1 is 1.30 bits per heavy atom. The zero-order chi connectivity index (χ0) is 14.4. The Hall–Kier alpha value is -1.13. The van der Waals surface area contributed by atoms with Crippen molar-refractivity contribution in [1.29, 1.82) is 0 Å². The molecule has 1 fully saturated rings. The lowest BCUT2D eigenvalue weighted by atomic mass is 9.95. The fourth-order valence-electron chi connectivity index (χ4n) is 2.76. The van der Waals surface area contributed by atoms with Crippen LogP contribution in [0.1, 0.15) is 43.9 Å². The third kappa shape index (κ3) is 4.18. The molecule has 0 amide bonds. The van der Waals surface area contributed by atoms with Gasteiger partial charge in [0.2, 0.25) is 5.88 Å². The normalized spacial score (nSPS) is 22.8. The van der Waals surface area contributed by atoms with Crippen LogP contribution in [0.25, 0.3) is 0 Å². The van der Waals surface area contributed by atoms with Crippen LogP contribution in [0.5, 0.6) is 5.88 Å². The highest BCUT2D eigenvalue weighted by Gasteiger charge is 2.23. The molecule has 1 aromatic heterocycles. The summed E-state index contributed by atoms with van der Waals surface area (Å²) in [5.74, 6) is 0.761. The summed E-state index contributed by atoms with van der Waals surface area (Å²) < 4.78 is 11.6. The number of nitrogens with one attached hydrogen (secondary N) is 1. The molecule has 2 unspecified atom stereocenters. The van der Waals surface area contributed by atoms with Crippen molar-refractivity contribution in [3.63, 3.8) is 0 Å². The van der Waals surface area contributed by atoms with Crippen LogP contribution < -0.4 is 10.1 Å². The fraction of sp³-hybridized carbons (Fsp3) is 0.688. The summed E-state index contributed by atoms with van der Waals surface area (Å²) in [5, 5.41) is 3.18. The highest BCUT2D eigenvalue weighted by atomic mass is 16.5. The van der Waals surface area contributed by atoms with Crippen LogP contribution in [-0.2, 0) is 17.7 Å². The van der Waals surface area contributed by atoms with E-state index in [0.717, 1.165) is 43.8 Å². The van der Waals surface area contributed by atoms with E-state index in [9.17, 15) is 0 Å². The molecule has 0 saturated heterocycles. The molecule has 0 bridgehead atoms. The van der Waals surface area contributed by atoms with Gasteiger partial charge >= 0.3 is 0 Å². The monoisotopic (exact) mass is 278 g/mol. The summed E-state index contributed by atoms with van der Waals surface area (Å²) in [6.45, 7) is 2.97. The average molecular weight is 278 g/mol. The largest absolute Gasteiger partial charge is 0.474 e. The first-order valence-electron chi connectivity index (χ1n) is 7.59. The van der Waals surface area contributed by atoms with Gasteiger partial charge in [-0.15, -0.1) is 0 Å². The van der Waals surface area contributed by atoms with Gasteiger partial charge in [-0.3, -0.25) is 0 Å². The molecule has 1 saturated carbocycles. The molecule has 4 heteroatoms. The maximum atomic E-state index is 6.10. The van der Waals surface area contributed by atoms with Crippen molar-refractivity contribution in [2.45, 2.75) is 57.8 Å². The molecule has 1 N–H and O–H groups in total. The van der Waals surface area contributed by atoms with Gasteiger partial charge in [-0.05, 0) is 44.4 Å². The summed E-state index contributed by atoms with van der Waals surface area (Å²) in [6.07, 6.45) is 5.87. The molecule has 1 aromatic rings. The van der Waals surface area contributed by atoms with Crippen molar-refractivity contribution in [3.05, 3.63) is 23.4 Å². The highest BCUT2D eigenvalue weighted by Crippen LogP contribution is 2.25. The molecule has 1 heterocycles. The molecule has 2 rings (SSSR count). The van der Waals surface area contributed by atoms with Gasteiger partial charge in [-0.2, -0.15) is 0 Å². The Morgan fingerprint density at radius 3 is 2.80 bits per heavy atom. The number of hydrogen-bond acceptors (Lipinski definition) is 4. The predicted octanol–water partition coefficient (Wildman–Crippen LogP) is 2.70. The van der Waals surface area contributed by atoms with Crippen molar-refractivity contribution < 1.29 is 9.47 Å². The third-order valence-electron chi connectivity index (χ3n) is 3.86. The second-order valence-corrected chi connectivity index (χ2v) is 5.45. The Bertz CT molecular complexity index is 423. The molecule has 1 aliphatic carbocycles. The molecule has 0 radical (unpaired) electrons. The SMILES string of the molecule is CCc1cc(CNC)cc(OC2CCCC(OC)C2)n1. The van der Waals surface area contributed by atoms with Crippen molar-refractivity contribution >= 4 is 0 Å². The van der Waals surface area contributed by atoms with Gasteiger partial charge in [0.05, 0.1) is 6.10 Å². The Labute approximate surface area is 121 Å². The van der Waals surface area contributed by atoms with Crippen LogP contribution >= 0.6 is 0 Å². The Balaban J connectivity index is 2.05. The molecule has 2 atom stereocenters. The number of hydrogen-bond donors (Lipinski definition) is 1. The van der Waals surface area contributed by atoms with Crippen LogP contribution in [0.15, 0.2) is 12.1 Å². The first-order chi connectivity index (χ1) is 9.75. The van der Waals surface area contributed by atoms with Crippen LogP contribution in [0, 0.1) is 0 Å². The quantitative estimate of drug-likeness (QED) is 0.869. The van der Waals surface area contributed by atoms with Gasteiger partial charge < -0.3 is 14.8 Å². The van der Waals surface area contributed by atoms with E-state index in [0.29, 0.717) is 6.10 Å². The first-order valence-corrected chi connectivity index (χ1v) is 7.59. The molecule has 20 heavy (non-hydrogen) atoms. The topological polar surface area (TPSA) is 43.4 Å². The summed E-state index contributed by atoms with van der Waals surface area (Å²) >= 11 is 0. The van der Waals surface area contributed by atoms with E-state index in [2.05, 4.69) is 23.3 Å². The second kappa shape index (κ2) is 7.60. The van der Waals surface area contributed by atoms with Gasteiger partial charge in [0.15, 0.2) is 0 Å². The van der Waals surface area contributed by atoms with Crippen molar-refractivity contribution in [1.82, 2.24) is 10.3 Å². The zero-order valence-corrected chi connectivity index (χ0v) is 12.8. The van der Waals surface area contributed by atoms with Gasteiger partial charge in [0, 0.05) is 31.8 Å². The zero-order valence-electron chi connectivity index (χ0n) is 12.8. The lowest BCUT2D eigenvalue weighted by Gasteiger charge is -2.28. The summed E-state index contributed by atoms with van der Waals surface area (Å²) in [4.78, 5) is 4.59. The smallest absolute Gasteiger partial charge is 0.214 e. The van der Waals surface area contributed by atoms with E-state index in [1.165, 1.54) is 12.0 Å². The molecule has 112 valence electrons. The molecule has 0 spiro atoms. The average Bonchev–Trinajstić information content (AvgIpc) is 2.47. The van der Waals surface area contributed by atoms with E-state index in [-0.39, 0.29) is 6.10 Å². The molecular formula is C16H26N2O2. The minimum atomic E-state index is 0.232.